The summed E-state index contributed by atoms with van der Waals surface area (Å²) < 4.78 is 0. The molecule has 1 aliphatic rings. The topological polar surface area (TPSA) is 67.9 Å². The van der Waals surface area contributed by atoms with E-state index in [9.17, 15) is 0 Å². The van der Waals surface area contributed by atoms with Gasteiger partial charge in [-0.25, -0.2) is 9.97 Å². The molecule has 0 aromatic carbocycles. The highest BCUT2D eigenvalue weighted by atomic mass is 15.2. The van der Waals surface area contributed by atoms with Gasteiger partial charge >= 0.3 is 0 Å². The van der Waals surface area contributed by atoms with Crippen molar-refractivity contribution in [3.05, 3.63) is 42.5 Å². The maximum atomic E-state index is 5.58. The summed E-state index contributed by atoms with van der Waals surface area (Å²) in [5, 5.41) is 0. The van der Waals surface area contributed by atoms with Gasteiger partial charge in [-0.3, -0.25) is 4.98 Å². The van der Waals surface area contributed by atoms with Crippen molar-refractivity contribution in [1.82, 2.24) is 15.0 Å². The van der Waals surface area contributed by atoms with Crippen LogP contribution in [0, 0.1) is 0 Å². The standard InChI is InChI=1S/C12H13N5/c13-12-15-5-3-11(16-12)9-7-17(8-9)10-2-1-4-14-6-10/h1-6,9H,7-8H2,(H2,13,15,16). The molecule has 17 heavy (non-hydrogen) atoms. The summed E-state index contributed by atoms with van der Waals surface area (Å²) in [6.07, 6.45) is 5.38. The Morgan fingerprint density at radius 3 is 2.82 bits per heavy atom. The first-order valence-electron chi connectivity index (χ1n) is 5.56. The van der Waals surface area contributed by atoms with E-state index in [1.807, 2.05) is 18.3 Å². The highest BCUT2D eigenvalue weighted by molar-refractivity contribution is 5.48. The third kappa shape index (κ3) is 1.91. The first kappa shape index (κ1) is 10.0. The minimum Gasteiger partial charge on any atom is -0.369 e. The van der Waals surface area contributed by atoms with E-state index in [1.54, 1.807) is 12.4 Å². The van der Waals surface area contributed by atoms with Crippen LogP contribution in [0.4, 0.5) is 11.6 Å². The van der Waals surface area contributed by atoms with Gasteiger partial charge in [-0.15, -0.1) is 0 Å². The zero-order valence-corrected chi connectivity index (χ0v) is 9.32. The number of pyridine rings is 1. The second kappa shape index (κ2) is 4.01. The number of hydrogen-bond acceptors (Lipinski definition) is 5. The molecule has 5 heteroatoms. The summed E-state index contributed by atoms with van der Waals surface area (Å²) in [5.41, 5.74) is 7.76. The van der Waals surface area contributed by atoms with E-state index >= 15 is 0 Å². The van der Waals surface area contributed by atoms with Crippen LogP contribution in [-0.4, -0.2) is 28.0 Å². The molecule has 0 saturated carbocycles. The van der Waals surface area contributed by atoms with E-state index in [1.165, 1.54) is 0 Å². The minimum absolute atomic E-state index is 0.349. The lowest BCUT2D eigenvalue weighted by molar-refractivity contribution is 0.513. The lowest BCUT2D eigenvalue weighted by Gasteiger charge is -2.40. The van der Waals surface area contributed by atoms with E-state index in [0.717, 1.165) is 24.5 Å². The quantitative estimate of drug-likeness (QED) is 0.830. The SMILES string of the molecule is Nc1nccc(C2CN(c3cccnc3)C2)n1. The van der Waals surface area contributed by atoms with Crippen LogP contribution in [0.1, 0.15) is 11.6 Å². The van der Waals surface area contributed by atoms with Crippen LogP contribution in [0.5, 0.6) is 0 Å². The molecule has 1 fully saturated rings. The maximum absolute atomic E-state index is 5.58. The molecule has 0 unspecified atom stereocenters. The van der Waals surface area contributed by atoms with Crippen LogP contribution in [0.2, 0.25) is 0 Å². The summed E-state index contributed by atoms with van der Waals surface area (Å²) in [7, 11) is 0. The summed E-state index contributed by atoms with van der Waals surface area (Å²) in [6.45, 7) is 1.92. The monoisotopic (exact) mass is 227 g/mol. The Kier molecular flexibility index (Phi) is 2.36. The molecule has 0 spiro atoms. The van der Waals surface area contributed by atoms with E-state index in [0.29, 0.717) is 11.9 Å². The van der Waals surface area contributed by atoms with Crippen molar-refractivity contribution in [3.63, 3.8) is 0 Å². The average Bonchev–Trinajstić information content (AvgIpc) is 2.28. The number of rotatable bonds is 2. The van der Waals surface area contributed by atoms with E-state index in [-0.39, 0.29) is 0 Å². The maximum Gasteiger partial charge on any atom is 0.220 e. The third-order valence-electron chi connectivity index (χ3n) is 3.01. The summed E-state index contributed by atoms with van der Waals surface area (Å²) in [4.78, 5) is 14.5. The fourth-order valence-corrected chi connectivity index (χ4v) is 2.03. The van der Waals surface area contributed by atoms with Crippen molar-refractivity contribution < 1.29 is 0 Å². The van der Waals surface area contributed by atoms with Gasteiger partial charge in [-0.1, -0.05) is 0 Å². The number of aromatic nitrogens is 3. The van der Waals surface area contributed by atoms with Gasteiger partial charge < -0.3 is 10.6 Å². The second-order valence-corrected chi connectivity index (χ2v) is 4.15. The van der Waals surface area contributed by atoms with Gasteiger partial charge in [0.15, 0.2) is 0 Å². The lowest BCUT2D eigenvalue weighted by Crippen LogP contribution is -2.45. The molecular weight excluding hydrogens is 214 g/mol. The number of anilines is 2. The molecule has 3 rings (SSSR count). The number of nitrogen functional groups attached to an aromatic ring is 1. The van der Waals surface area contributed by atoms with Gasteiger partial charge in [-0.2, -0.15) is 0 Å². The fraction of sp³-hybridized carbons (Fsp3) is 0.250. The van der Waals surface area contributed by atoms with E-state index < -0.39 is 0 Å². The molecule has 86 valence electrons. The van der Waals surface area contributed by atoms with Crippen LogP contribution in [0.25, 0.3) is 0 Å². The van der Waals surface area contributed by atoms with Gasteiger partial charge in [0.1, 0.15) is 0 Å². The van der Waals surface area contributed by atoms with Gasteiger partial charge in [0.25, 0.3) is 0 Å². The van der Waals surface area contributed by atoms with Crippen molar-refractivity contribution in [2.75, 3.05) is 23.7 Å². The van der Waals surface area contributed by atoms with Crippen LogP contribution in [-0.2, 0) is 0 Å². The van der Waals surface area contributed by atoms with Crippen molar-refractivity contribution in [2.24, 2.45) is 0 Å². The van der Waals surface area contributed by atoms with Crippen molar-refractivity contribution in [3.8, 4) is 0 Å². The zero-order chi connectivity index (χ0) is 11.7. The Morgan fingerprint density at radius 2 is 2.12 bits per heavy atom. The van der Waals surface area contributed by atoms with Crippen LogP contribution in [0.15, 0.2) is 36.8 Å². The predicted molar refractivity (Wildman–Crippen MR) is 65.6 cm³/mol. The number of nitrogens with two attached hydrogens (primary N) is 1. The fourth-order valence-electron chi connectivity index (χ4n) is 2.03. The number of hydrogen-bond donors (Lipinski definition) is 1. The molecule has 0 amide bonds. The Hall–Kier alpha value is -2.17. The molecule has 2 aromatic heterocycles. The first-order valence-corrected chi connectivity index (χ1v) is 5.56. The van der Waals surface area contributed by atoms with Crippen LogP contribution < -0.4 is 10.6 Å². The summed E-state index contributed by atoms with van der Waals surface area (Å²) in [6, 6.07) is 5.95. The van der Waals surface area contributed by atoms with Gasteiger partial charge in [0.2, 0.25) is 5.95 Å². The van der Waals surface area contributed by atoms with Crippen LogP contribution >= 0.6 is 0 Å². The number of nitrogens with zero attached hydrogens (tertiary/aromatic N) is 4. The van der Waals surface area contributed by atoms with E-state index in [2.05, 4.69) is 25.9 Å². The smallest absolute Gasteiger partial charge is 0.220 e. The average molecular weight is 227 g/mol. The molecule has 2 N–H and O–H groups in total. The van der Waals surface area contributed by atoms with Crippen LogP contribution in [0.3, 0.4) is 0 Å². The predicted octanol–water partition coefficient (Wildman–Crippen LogP) is 1.06. The summed E-state index contributed by atoms with van der Waals surface area (Å²) in [5.74, 6) is 0.794. The highest BCUT2D eigenvalue weighted by Gasteiger charge is 2.29. The lowest BCUT2D eigenvalue weighted by atomic mass is 9.95. The zero-order valence-electron chi connectivity index (χ0n) is 9.32. The molecule has 2 aromatic rings. The molecule has 1 aliphatic heterocycles. The van der Waals surface area contributed by atoms with Crippen molar-refractivity contribution in [2.45, 2.75) is 5.92 Å². The highest BCUT2D eigenvalue weighted by Crippen LogP contribution is 2.29. The van der Waals surface area contributed by atoms with Gasteiger partial charge in [0.05, 0.1) is 17.6 Å². The molecule has 0 aliphatic carbocycles. The molecule has 0 atom stereocenters. The Bertz CT molecular complexity index is 507. The normalized spacial score (nSPS) is 15.6. The summed E-state index contributed by atoms with van der Waals surface area (Å²) >= 11 is 0. The molecule has 5 nitrogen and oxygen atoms in total. The van der Waals surface area contributed by atoms with Gasteiger partial charge in [0, 0.05) is 31.4 Å². The van der Waals surface area contributed by atoms with E-state index in [4.69, 9.17) is 5.73 Å². The minimum atomic E-state index is 0.349. The molecular formula is C12H13N5. The Morgan fingerprint density at radius 1 is 1.24 bits per heavy atom. The third-order valence-corrected chi connectivity index (χ3v) is 3.01. The van der Waals surface area contributed by atoms with Gasteiger partial charge in [-0.05, 0) is 18.2 Å². The molecule has 0 bridgehead atoms. The van der Waals surface area contributed by atoms with Crippen molar-refractivity contribution >= 4 is 11.6 Å². The Balaban J connectivity index is 1.69. The largest absolute Gasteiger partial charge is 0.369 e. The first-order chi connectivity index (χ1) is 8.33. The molecule has 1 saturated heterocycles. The van der Waals surface area contributed by atoms with Crippen molar-refractivity contribution in [1.29, 1.82) is 0 Å². The Labute approximate surface area is 99.3 Å². The molecule has 0 radical (unpaired) electrons. The molecule has 3 heterocycles. The second-order valence-electron chi connectivity index (χ2n) is 4.15.